The molecule has 0 N–H and O–H groups in total. The van der Waals surface area contributed by atoms with Crippen molar-refractivity contribution in [1.82, 2.24) is 0 Å². The van der Waals surface area contributed by atoms with Crippen molar-refractivity contribution in [2.45, 2.75) is 6.92 Å². The molecule has 0 spiro atoms. The zero-order valence-corrected chi connectivity index (χ0v) is 11.4. The third-order valence-electron chi connectivity index (χ3n) is 2.42. The highest BCUT2D eigenvalue weighted by atomic mass is 35.5. The average Bonchev–Trinajstić information content (AvgIpc) is 2.88. The molecule has 0 saturated heterocycles. The Kier molecular flexibility index (Phi) is 4.12. The summed E-state index contributed by atoms with van der Waals surface area (Å²) in [5.41, 5.74) is 0.0493. The van der Waals surface area contributed by atoms with E-state index in [1.807, 2.05) is 0 Å². The Morgan fingerprint density at radius 1 is 1.42 bits per heavy atom. The minimum Gasteiger partial charge on any atom is -0.464 e. The van der Waals surface area contributed by atoms with Crippen molar-refractivity contribution in [2.24, 2.45) is 0 Å². The van der Waals surface area contributed by atoms with E-state index in [-0.39, 0.29) is 33.5 Å². The lowest BCUT2D eigenvalue weighted by atomic mass is 10.1. The number of benzene rings is 1. The van der Waals surface area contributed by atoms with Gasteiger partial charge < -0.3 is 9.15 Å². The Balaban J connectivity index is 2.63. The van der Waals surface area contributed by atoms with Gasteiger partial charge in [0.25, 0.3) is 0 Å². The molecule has 0 bridgehead atoms. The maximum Gasteiger partial charge on any atom is 0.339 e. The van der Waals surface area contributed by atoms with Crippen LogP contribution < -0.4 is 0 Å². The molecule has 6 heteroatoms. The van der Waals surface area contributed by atoms with Crippen LogP contribution in [0.25, 0.3) is 11.3 Å². The van der Waals surface area contributed by atoms with E-state index in [4.69, 9.17) is 32.4 Å². The molecule has 1 aromatic carbocycles. The summed E-state index contributed by atoms with van der Waals surface area (Å²) in [5, 5.41) is -0.201. The number of carbonyl (C=O) groups is 1. The fourth-order valence-corrected chi connectivity index (χ4v) is 2.21. The van der Waals surface area contributed by atoms with Crippen LogP contribution in [0, 0.1) is 5.82 Å². The first kappa shape index (κ1) is 13.9. The smallest absolute Gasteiger partial charge is 0.339 e. The van der Waals surface area contributed by atoms with Crippen molar-refractivity contribution in [3.05, 3.63) is 45.9 Å². The van der Waals surface area contributed by atoms with Gasteiger partial charge in [-0.05, 0) is 25.1 Å². The monoisotopic (exact) mass is 302 g/mol. The molecule has 0 fully saturated rings. The molecule has 0 amide bonds. The first-order chi connectivity index (χ1) is 9.06. The predicted molar refractivity (Wildman–Crippen MR) is 70.1 cm³/mol. The van der Waals surface area contributed by atoms with E-state index in [9.17, 15) is 9.18 Å². The van der Waals surface area contributed by atoms with Gasteiger partial charge in [0.1, 0.15) is 11.6 Å². The highest BCUT2D eigenvalue weighted by molar-refractivity contribution is 6.41. The number of halogens is 3. The topological polar surface area (TPSA) is 39.4 Å². The van der Waals surface area contributed by atoms with E-state index < -0.39 is 11.8 Å². The third kappa shape index (κ3) is 2.60. The zero-order chi connectivity index (χ0) is 14.0. The van der Waals surface area contributed by atoms with Gasteiger partial charge in [-0.3, -0.25) is 0 Å². The lowest BCUT2D eigenvalue weighted by Crippen LogP contribution is -2.07. The Hall–Kier alpha value is -1.52. The molecule has 0 saturated carbocycles. The summed E-state index contributed by atoms with van der Waals surface area (Å²) in [6.45, 7) is 1.81. The van der Waals surface area contributed by atoms with Crippen LogP contribution in [0.5, 0.6) is 0 Å². The van der Waals surface area contributed by atoms with Crippen LogP contribution >= 0.6 is 23.2 Å². The number of hydrogen-bond donors (Lipinski definition) is 0. The summed E-state index contributed by atoms with van der Waals surface area (Å²) in [7, 11) is 0. The first-order valence-corrected chi connectivity index (χ1v) is 6.20. The lowest BCUT2D eigenvalue weighted by Gasteiger charge is -2.10. The van der Waals surface area contributed by atoms with Crippen LogP contribution in [-0.4, -0.2) is 12.6 Å². The van der Waals surface area contributed by atoms with Gasteiger partial charge in [0, 0.05) is 0 Å². The van der Waals surface area contributed by atoms with E-state index in [1.165, 1.54) is 6.26 Å². The molecule has 1 heterocycles. The first-order valence-electron chi connectivity index (χ1n) is 5.44. The second kappa shape index (κ2) is 5.63. The molecule has 1 aromatic heterocycles. The Morgan fingerprint density at radius 2 is 2.16 bits per heavy atom. The minimum atomic E-state index is -0.763. The maximum absolute atomic E-state index is 13.8. The van der Waals surface area contributed by atoms with Crippen LogP contribution in [0.1, 0.15) is 17.3 Å². The summed E-state index contributed by atoms with van der Waals surface area (Å²) in [5.74, 6) is -1.20. The maximum atomic E-state index is 13.8. The quantitative estimate of drug-likeness (QED) is 0.616. The molecule has 0 aliphatic heterocycles. The summed E-state index contributed by atoms with van der Waals surface area (Å²) in [4.78, 5) is 11.7. The van der Waals surface area contributed by atoms with Crippen LogP contribution in [0.15, 0.2) is 28.9 Å². The normalized spacial score (nSPS) is 10.5. The van der Waals surface area contributed by atoms with Crippen molar-refractivity contribution < 1.29 is 18.3 Å². The second-order valence-electron chi connectivity index (χ2n) is 3.61. The number of ether oxygens (including phenoxy) is 1. The van der Waals surface area contributed by atoms with Crippen LogP contribution in [0.3, 0.4) is 0 Å². The highest BCUT2D eigenvalue weighted by Crippen LogP contribution is 2.39. The van der Waals surface area contributed by atoms with E-state index in [0.29, 0.717) is 0 Å². The van der Waals surface area contributed by atoms with Gasteiger partial charge in [0.2, 0.25) is 0 Å². The average molecular weight is 303 g/mol. The van der Waals surface area contributed by atoms with Gasteiger partial charge in [0.05, 0.1) is 34.0 Å². The standard InChI is InChI=1S/C13H9Cl2FO3/c1-2-18-13(17)7-6-8(16)12(15)10(11(7)14)9-4-3-5-19-9/h3-6H,2H2,1H3. The predicted octanol–water partition coefficient (Wildman–Crippen LogP) is 4.57. The molecular weight excluding hydrogens is 294 g/mol. The molecule has 0 atom stereocenters. The number of hydrogen-bond acceptors (Lipinski definition) is 3. The number of esters is 1. The van der Waals surface area contributed by atoms with Crippen molar-refractivity contribution in [2.75, 3.05) is 6.61 Å². The molecule has 2 aromatic rings. The summed E-state index contributed by atoms with van der Waals surface area (Å²) in [6, 6.07) is 4.13. The Bertz CT molecular complexity index is 609. The Labute approximate surface area is 118 Å². The van der Waals surface area contributed by atoms with Gasteiger partial charge in [-0.2, -0.15) is 0 Å². The van der Waals surface area contributed by atoms with E-state index in [2.05, 4.69) is 0 Å². The fraction of sp³-hybridized carbons (Fsp3) is 0.154. The van der Waals surface area contributed by atoms with E-state index in [0.717, 1.165) is 6.07 Å². The fourth-order valence-electron chi connectivity index (χ4n) is 1.60. The van der Waals surface area contributed by atoms with Crippen molar-refractivity contribution >= 4 is 29.2 Å². The largest absolute Gasteiger partial charge is 0.464 e. The van der Waals surface area contributed by atoms with E-state index in [1.54, 1.807) is 19.1 Å². The lowest BCUT2D eigenvalue weighted by molar-refractivity contribution is 0.0526. The van der Waals surface area contributed by atoms with Crippen molar-refractivity contribution in [3.63, 3.8) is 0 Å². The van der Waals surface area contributed by atoms with Gasteiger partial charge in [0.15, 0.2) is 0 Å². The molecule has 0 radical (unpaired) electrons. The molecular formula is C13H9Cl2FO3. The minimum absolute atomic E-state index is 0.000185. The molecule has 2 rings (SSSR count). The Morgan fingerprint density at radius 3 is 2.74 bits per heavy atom. The molecule has 0 unspecified atom stereocenters. The molecule has 0 aliphatic carbocycles. The summed E-state index contributed by atoms with van der Waals surface area (Å²) >= 11 is 12.0. The van der Waals surface area contributed by atoms with E-state index >= 15 is 0 Å². The zero-order valence-electron chi connectivity index (χ0n) is 9.88. The summed E-state index contributed by atoms with van der Waals surface area (Å²) in [6.07, 6.45) is 1.40. The van der Waals surface area contributed by atoms with Crippen LogP contribution in [0.2, 0.25) is 10.0 Å². The molecule has 0 aliphatic rings. The van der Waals surface area contributed by atoms with Gasteiger partial charge >= 0.3 is 5.97 Å². The molecule has 100 valence electrons. The van der Waals surface area contributed by atoms with Crippen LogP contribution in [0.4, 0.5) is 4.39 Å². The molecule has 19 heavy (non-hydrogen) atoms. The van der Waals surface area contributed by atoms with Crippen molar-refractivity contribution in [1.29, 1.82) is 0 Å². The number of carbonyl (C=O) groups excluding carboxylic acids is 1. The van der Waals surface area contributed by atoms with Gasteiger partial charge in [-0.25, -0.2) is 9.18 Å². The third-order valence-corrected chi connectivity index (χ3v) is 3.18. The molecule has 3 nitrogen and oxygen atoms in total. The van der Waals surface area contributed by atoms with Crippen molar-refractivity contribution in [3.8, 4) is 11.3 Å². The number of rotatable bonds is 3. The SMILES string of the molecule is CCOC(=O)c1cc(F)c(Cl)c(-c2ccco2)c1Cl. The van der Waals surface area contributed by atoms with Gasteiger partial charge in [-0.1, -0.05) is 23.2 Å². The summed E-state index contributed by atoms with van der Waals surface area (Å²) < 4.78 is 23.7. The second-order valence-corrected chi connectivity index (χ2v) is 4.36. The van der Waals surface area contributed by atoms with Gasteiger partial charge in [-0.15, -0.1) is 0 Å². The highest BCUT2D eigenvalue weighted by Gasteiger charge is 2.23. The van der Waals surface area contributed by atoms with Crippen LogP contribution in [-0.2, 0) is 4.74 Å². The number of furan rings is 1.